The lowest BCUT2D eigenvalue weighted by Crippen LogP contribution is -2.49. The topological polar surface area (TPSA) is 75.4 Å². The van der Waals surface area contributed by atoms with Crippen molar-refractivity contribution in [2.75, 3.05) is 19.6 Å². The van der Waals surface area contributed by atoms with Crippen LogP contribution < -0.4 is 11.1 Å². The minimum atomic E-state index is -0.0317. The third kappa shape index (κ3) is 5.85. The van der Waals surface area contributed by atoms with Crippen LogP contribution in [-0.2, 0) is 16.0 Å². The largest absolute Gasteiger partial charge is 0.354 e. The summed E-state index contributed by atoms with van der Waals surface area (Å²) in [5.74, 6) is 0.161. The molecule has 0 aromatic heterocycles. The number of aryl methyl sites for hydroxylation is 3. The van der Waals surface area contributed by atoms with Crippen LogP contribution in [0.5, 0.6) is 0 Å². The Hall–Kier alpha value is -1.88. The first-order chi connectivity index (χ1) is 12.0. The number of carbonyl (C=O) groups excluding carboxylic acids is 2. The lowest BCUT2D eigenvalue weighted by molar-refractivity contribution is -0.135. The molecule has 1 saturated heterocycles. The number of amides is 2. The van der Waals surface area contributed by atoms with E-state index in [-0.39, 0.29) is 17.9 Å². The number of likely N-dealkylation sites (tertiary alicyclic amines) is 1. The molecule has 0 aliphatic carbocycles. The standard InChI is InChI=1S/C20H31N3O2/c1-15-6-7-17(16(2)13-15)8-9-20(25)23-12-4-3-5-18(23)14-22-19(24)10-11-21/h6-7,13,18H,3-5,8-12,14,21H2,1-2H3,(H,22,24). The van der Waals surface area contributed by atoms with Crippen LogP contribution in [0.25, 0.3) is 0 Å². The highest BCUT2D eigenvalue weighted by Crippen LogP contribution is 2.19. The molecular formula is C20H31N3O2. The number of nitrogens with two attached hydrogens (primary N) is 1. The van der Waals surface area contributed by atoms with Gasteiger partial charge in [0.15, 0.2) is 0 Å². The maximum atomic E-state index is 12.7. The van der Waals surface area contributed by atoms with Crippen molar-refractivity contribution >= 4 is 11.8 Å². The van der Waals surface area contributed by atoms with Crippen LogP contribution in [-0.4, -0.2) is 42.4 Å². The first-order valence-electron chi connectivity index (χ1n) is 9.33. The van der Waals surface area contributed by atoms with Gasteiger partial charge in [-0.25, -0.2) is 0 Å². The summed E-state index contributed by atoms with van der Waals surface area (Å²) in [7, 11) is 0. The summed E-state index contributed by atoms with van der Waals surface area (Å²) in [5, 5.41) is 2.91. The smallest absolute Gasteiger partial charge is 0.223 e. The Morgan fingerprint density at radius 3 is 2.76 bits per heavy atom. The number of hydrogen-bond acceptors (Lipinski definition) is 3. The molecule has 5 nitrogen and oxygen atoms in total. The van der Waals surface area contributed by atoms with Gasteiger partial charge >= 0.3 is 0 Å². The van der Waals surface area contributed by atoms with Gasteiger partial charge in [-0.05, 0) is 50.7 Å². The van der Waals surface area contributed by atoms with E-state index in [0.29, 0.717) is 25.9 Å². The van der Waals surface area contributed by atoms with Gasteiger partial charge in [-0.2, -0.15) is 0 Å². The average Bonchev–Trinajstić information content (AvgIpc) is 2.59. The van der Waals surface area contributed by atoms with E-state index in [1.165, 1.54) is 16.7 Å². The first kappa shape index (κ1) is 19.4. The molecule has 1 unspecified atom stereocenters. The van der Waals surface area contributed by atoms with Gasteiger partial charge < -0.3 is 16.0 Å². The summed E-state index contributed by atoms with van der Waals surface area (Å²) in [6, 6.07) is 6.50. The fourth-order valence-electron chi connectivity index (χ4n) is 3.50. The molecule has 2 rings (SSSR count). The molecule has 138 valence electrons. The van der Waals surface area contributed by atoms with Crippen LogP contribution in [0.4, 0.5) is 0 Å². The SMILES string of the molecule is Cc1ccc(CCC(=O)N2CCCCC2CNC(=O)CCN)c(C)c1. The zero-order chi connectivity index (χ0) is 18.2. The molecule has 1 heterocycles. The lowest BCUT2D eigenvalue weighted by Gasteiger charge is -2.36. The fourth-order valence-corrected chi connectivity index (χ4v) is 3.50. The van der Waals surface area contributed by atoms with Gasteiger partial charge in [-0.1, -0.05) is 23.8 Å². The summed E-state index contributed by atoms with van der Waals surface area (Å²) >= 11 is 0. The molecule has 1 aromatic carbocycles. The molecule has 1 aliphatic heterocycles. The number of piperidine rings is 1. The second kappa shape index (κ2) is 9.56. The van der Waals surface area contributed by atoms with Crippen LogP contribution in [0, 0.1) is 13.8 Å². The number of nitrogens with zero attached hydrogens (tertiary/aromatic N) is 1. The molecule has 1 atom stereocenters. The van der Waals surface area contributed by atoms with E-state index in [1.54, 1.807) is 0 Å². The van der Waals surface area contributed by atoms with E-state index >= 15 is 0 Å². The number of rotatable bonds is 7. The van der Waals surface area contributed by atoms with Crippen molar-refractivity contribution in [3.8, 4) is 0 Å². The number of nitrogens with one attached hydrogen (secondary N) is 1. The molecule has 1 aliphatic rings. The Balaban J connectivity index is 1.89. The molecule has 25 heavy (non-hydrogen) atoms. The zero-order valence-electron chi connectivity index (χ0n) is 15.5. The molecule has 1 aromatic rings. The van der Waals surface area contributed by atoms with Gasteiger partial charge in [0.05, 0.1) is 0 Å². The van der Waals surface area contributed by atoms with Gasteiger partial charge in [-0.3, -0.25) is 9.59 Å². The van der Waals surface area contributed by atoms with E-state index in [0.717, 1.165) is 32.2 Å². The van der Waals surface area contributed by atoms with Crippen molar-refractivity contribution in [1.29, 1.82) is 0 Å². The van der Waals surface area contributed by atoms with Crippen LogP contribution in [0.3, 0.4) is 0 Å². The molecular weight excluding hydrogens is 314 g/mol. The highest BCUT2D eigenvalue weighted by Gasteiger charge is 2.26. The van der Waals surface area contributed by atoms with Crippen LogP contribution in [0.2, 0.25) is 0 Å². The molecule has 0 saturated carbocycles. The third-order valence-electron chi connectivity index (χ3n) is 4.96. The quantitative estimate of drug-likeness (QED) is 0.794. The Labute approximate surface area is 151 Å². The van der Waals surface area contributed by atoms with Crippen molar-refractivity contribution in [3.05, 3.63) is 34.9 Å². The Kier molecular flexibility index (Phi) is 7.44. The average molecular weight is 345 g/mol. The molecule has 0 spiro atoms. The second-order valence-corrected chi connectivity index (χ2v) is 7.01. The van der Waals surface area contributed by atoms with Gasteiger partial charge in [0.1, 0.15) is 0 Å². The summed E-state index contributed by atoms with van der Waals surface area (Å²) in [6.07, 6.45) is 4.75. The molecule has 5 heteroatoms. The summed E-state index contributed by atoms with van der Waals surface area (Å²) in [4.78, 5) is 26.3. The fraction of sp³-hybridized carbons (Fsp3) is 0.600. The predicted octanol–water partition coefficient (Wildman–Crippen LogP) is 2.08. The number of carbonyl (C=O) groups is 2. The van der Waals surface area contributed by atoms with Gasteiger partial charge in [0.25, 0.3) is 0 Å². The first-order valence-corrected chi connectivity index (χ1v) is 9.33. The second-order valence-electron chi connectivity index (χ2n) is 7.01. The number of benzene rings is 1. The molecule has 1 fully saturated rings. The van der Waals surface area contributed by atoms with Crippen molar-refractivity contribution in [2.45, 2.75) is 58.4 Å². The maximum Gasteiger partial charge on any atom is 0.223 e. The van der Waals surface area contributed by atoms with E-state index in [1.807, 2.05) is 4.90 Å². The Morgan fingerprint density at radius 2 is 2.04 bits per heavy atom. The van der Waals surface area contributed by atoms with Crippen molar-refractivity contribution in [3.63, 3.8) is 0 Å². The van der Waals surface area contributed by atoms with E-state index in [4.69, 9.17) is 5.73 Å². The molecule has 0 radical (unpaired) electrons. The summed E-state index contributed by atoms with van der Waals surface area (Å²) < 4.78 is 0. The molecule has 3 N–H and O–H groups in total. The van der Waals surface area contributed by atoms with E-state index in [2.05, 4.69) is 37.4 Å². The lowest BCUT2D eigenvalue weighted by atomic mass is 9.99. The van der Waals surface area contributed by atoms with Gasteiger partial charge in [-0.15, -0.1) is 0 Å². The molecule has 2 amide bonds. The van der Waals surface area contributed by atoms with Crippen molar-refractivity contribution in [2.24, 2.45) is 5.73 Å². The van der Waals surface area contributed by atoms with Gasteiger partial charge in [0.2, 0.25) is 11.8 Å². The molecule has 0 bridgehead atoms. The minimum Gasteiger partial charge on any atom is -0.354 e. The minimum absolute atomic E-state index is 0.0317. The Bertz CT molecular complexity index is 601. The van der Waals surface area contributed by atoms with E-state index in [9.17, 15) is 9.59 Å². The predicted molar refractivity (Wildman–Crippen MR) is 100 cm³/mol. The van der Waals surface area contributed by atoms with Crippen molar-refractivity contribution in [1.82, 2.24) is 10.2 Å². The summed E-state index contributed by atoms with van der Waals surface area (Å²) in [5.41, 5.74) is 9.14. The van der Waals surface area contributed by atoms with Gasteiger partial charge in [0, 0.05) is 38.5 Å². The van der Waals surface area contributed by atoms with Crippen LogP contribution in [0.1, 0.15) is 48.8 Å². The maximum absolute atomic E-state index is 12.7. The zero-order valence-corrected chi connectivity index (χ0v) is 15.5. The highest BCUT2D eigenvalue weighted by molar-refractivity contribution is 5.78. The van der Waals surface area contributed by atoms with Crippen LogP contribution >= 0.6 is 0 Å². The normalized spacial score (nSPS) is 17.4. The Morgan fingerprint density at radius 1 is 1.24 bits per heavy atom. The number of hydrogen-bond donors (Lipinski definition) is 2. The van der Waals surface area contributed by atoms with Crippen LogP contribution in [0.15, 0.2) is 18.2 Å². The van der Waals surface area contributed by atoms with E-state index < -0.39 is 0 Å². The highest BCUT2D eigenvalue weighted by atomic mass is 16.2. The van der Waals surface area contributed by atoms with Crippen molar-refractivity contribution < 1.29 is 9.59 Å². The summed E-state index contributed by atoms with van der Waals surface area (Å²) in [6.45, 7) is 5.87. The third-order valence-corrected chi connectivity index (χ3v) is 4.96. The monoisotopic (exact) mass is 345 g/mol.